The fourth-order valence-corrected chi connectivity index (χ4v) is 2.20. The van der Waals surface area contributed by atoms with E-state index in [0.29, 0.717) is 17.9 Å². The number of alkyl halides is 1. The van der Waals surface area contributed by atoms with E-state index in [4.69, 9.17) is 16.3 Å². The minimum atomic E-state index is -1.01. The fraction of sp³-hybridized carbons (Fsp3) is 0.286. The van der Waals surface area contributed by atoms with Crippen LogP contribution in [0, 0.1) is 0 Å². The molecule has 106 valence electrons. The lowest BCUT2D eigenvalue weighted by molar-refractivity contribution is -0.132. The van der Waals surface area contributed by atoms with Crippen LogP contribution in [-0.2, 0) is 9.53 Å². The number of carboxylic acid groups (broad SMARTS) is 1. The third-order valence-electron chi connectivity index (χ3n) is 2.93. The Hall–Kier alpha value is -2.01. The maximum atomic E-state index is 11.3. The molecule has 0 spiro atoms. The van der Waals surface area contributed by atoms with Gasteiger partial charge >= 0.3 is 5.97 Å². The summed E-state index contributed by atoms with van der Waals surface area (Å²) in [4.78, 5) is 15.5. The maximum absolute atomic E-state index is 11.3. The van der Waals surface area contributed by atoms with Crippen LogP contribution < -0.4 is 5.32 Å². The lowest BCUT2D eigenvalue weighted by Crippen LogP contribution is -2.25. The molecule has 5 nitrogen and oxygen atoms in total. The number of carboxylic acids is 1. The second-order valence-electron chi connectivity index (χ2n) is 4.22. The summed E-state index contributed by atoms with van der Waals surface area (Å²) in [5.41, 5.74) is 1.45. The van der Waals surface area contributed by atoms with Crippen LogP contribution >= 0.6 is 11.6 Å². The van der Waals surface area contributed by atoms with Crippen LogP contribution in [0.1, 0.15) is 30.5 Å². The zero-order chi connectivity index (χ0) is 14.7. The van der Waals surface area contributed by atoms with E-state index in [1.165, 1.54) is 6.92 Å². The predicted molar refractivity (Wildman–Crippen MR) is 77.5 cm³/mol. The van der Waals surface area contributed by atoms with Gasteiger partial charge in [0.15, 0.2) is 5.50 Å². The number of ether oxygens (including phenoxy) is 1. The van der Waals surface area contributed by atoms with Crippen molar-refractivity contribution in [3.8, 4) is 0 Å². The fourth-order valence-electron chi connectivity index (χ4n) is 1.92. The van der Waals surface area contributed by atoms with Gasteiger partial charge in [0.2, 0.25) is 0 Å². The van der Waals surface area contributed by atoms with Crippen molar-refractivity contribution in [3.63, 3.8) is 0 Å². The van der Waals surface area contributed by atoms with Gasteiger partial charge in [0.1, 0.15) is 0 Å². The number of rotatable bonds is 2. The number of carbonyl (C=O) groups is 1. The second-order valence-corrected chi connectivity index (χ2v) is 4.63. The second kappa shape index (κ2) is 5.96. The number of nitrogens with zero attached hydrogens (tertiary/aromatic N) is 1. The molecule has 2 N–H and O–H groups in total. The van der Waals surface area contributed by atoms with Crippen LogP contribution in [0.3, 0.4) is 0 Å². The van der Waals surface area contributed by atoms with Crippen molar-refractivity contribution in [2.45, 2.75) is 19.3 Å². The monoisotopic (exact) mass is 294 g/mol. The molecule has 0 saturated carbocycles. The number of nitrogens with one attached hydrogen (secondary N) is 1. The van der Waals surface area contributed by atoms with E-state index in [1.807, 2.05) is 31.2 Å². The van der Waals surface area contributed by atoms with E-state index in [1.54, 1.807) is 0 Å². The van der Waals surface area contributed by atoms with Gasteiger partial charge in [-0.1, -0.05) is 35.9 Å². The van der Waals surface area contributed by atoms with E-state index in [2.05, 4.69) is 10.3 Å². The smallest absolute Gasteiger partial charge is 0.333 e. The molecule has 0 amide bonds. The summed E-state index contributed by atoms with van der Waals surface area (Å²) in [7, 11) is 0. The number of aliphatic imine (C=N–C) groups is 1. The van der Waals surface area contributed by atoms with E-state index < -0.39 is 11.5 Å². The van der Waals surface area contributed by atoms with E-state index in [-0.39, 0.29) is 11.6 Å². The van der Waals surface area contributed by atoms with Crippen molar-refractivity contribution in [3.05, 3.63) is 41.0 Å². The molecule has 0 aliphatic carbocycles. The number of amidine groups is 1. The highest BCUT2D eigenvalue weighted by Gasteiger charge is 2.24. The van der Waals surface area contributed by atoms with Gasteiger partial charge < -0.3 is 15.2 Å². The van der Waals surface area contributed by atoms with Crippen molar-refractivity contribution in [1.29, 1.82) is 0 Å². The summed E-state index contributed by atoms with van der Waals surface area (Å²) in [6.45, 7) is 3.75. The van der Waals surface area contributed by atoms with E-state index in [9.17, 15) is 9.90 Å². The maximum Gasteiger partial charge on any atom is 0.333 e. The number of halogens is 1. The standard InChI is InChI=1S/C14H15ClN2O3/c1-3-20-14-16-11(8(2)13(18)19)9-6-4-5-7-10(9)12(15)17-14/h4-7,12H,3H2,1-2H3,(H,16,17)(H,18,19)/b11-8-. The molecular formula is C14H15ClN2O3. The van der Waals surface area contributed by atoms with Crippen LogP contribution in [0.5, 0.6) is 0 Å². The number of hydrogen-bond acceptors (Lipinski definition) is 4. The molecule has 0 fully saturated rings. The molecule has 20 heavy (non-hydrogen) atoms. The number of benzene rings is 1. The molecule has 1 aliphatic rings. The topological polar surface area (TPSA) is 70.9 Å². The number of hydrogen-bond donors (Lipinski definition) is 2. The first kappa shape index (κ1) is 14.4. The average molecular weight is 295 g/mol. The van der Waals surface area contributed by atoms with Gasteiger partial charge in [0.05, 0.1) is 17.9 Å². The zero-order valence-electron chi connectivity index (χ0n) is 11.2. The average Bonchev–Trinajstić information content (AvgIpc) is 2.56. The number of fused-ring (bicyclic) bond motifs is 1. The molecule has 0 saturated heterocycles. The van der Waals surface area contributed by atoms with E-state index >= 15 is 0 Å². The van der Waals surface area contributed by atoms with Gasteiger partial charge in [-0.15, -0.1) is 0 Å². The largest absolute Gasteiger partial charge is 0.478 e. The minimum absolute atomic E-state index is 0.176. The highest BCUT2D eigenvalue weighted by molar-refractivity contribution is 6.22. The van der Waals surface area contributed by atoms with Gasteiger partial charge in [-0.25, -0.2) is 9.79 Å². The lowest BCUT2D eigenvalue weighted by Gasteiger charge is -2.14. The molecule has 0 aromatic heterocycles. The molecule has 1 atom stereocenters. The Morgan fingerprint density at radius 3 is 2.85 bits per heavy atom. The van der Waals surface area contributed by atoms with Crippen molar-refractivity contribution in [1.82, 2.24) is 5.32 Å². The highest BCUT2D eigenvalue weighted by atomic mass is 35.5. The molecule has 0 bridgehead atoms. The van der Waals surface area contributed by atoms with Gasteiger partial charge in [-0.3, -0.25) is 0 Å². The summed E-state index contributed by atoms with van der Waals surface area (Å²) >= 11 is 6.25. The third kappa shape index (κ3) is 2.77. The summed E-state index contributed by atoms with van der Waals surface area (Å²) in [6, 6.07) is 7.51. The molecular weight excluding hydrogens is 280 g/mol. The minimum Gasteiger partial charge on any atom is -0.478 e. The summed E-state index contributed by atoms with van der Waals surface area (Å²) in [5.74, 6) is -1.01. The van der Waals surface area contributed by atoms with Crippen molar-refractivity contribution < 1.29 is 14.6 Å². The van der Waals surface area contributed by atoms with Crippen LogP contribution in [0.4, 0.5) is 0 Å². The normalized spacial score (nSPS) is 20.1. The first-order valence-electron chi connectivity index (χ1n) is 6.19. The third-order valence-corrected chi connectivity index (χ3v) is 3.26. The van der Waals surface area contributed by atoms with Crippen LogP contribution in [0.2, 0.25) is 0 Å². The predicted octanol–water partition coefficient (Wildman–Crippen LogP) is 2.74. The van der Waals surface area contributed by atoms with Gasteiger partial charge in [-0.05, 0) is 13.8 Å². The zero-order valence-corrected chi connectivity index (χ0v) is 11.9. The summed E-state index contributed by atoms with van der Waals surface area (Å²) < 4.78 is 5.35. The molecule has 1 unspecified atom stereocenters. The van der Waals surface area contributed by atoms with Gasteiger partial charge in [0, 0.05) is 11.1 Å². The van der Waals surface area contributed by atoms with Crippen LogP contribution in [0.25, 0.3) is 5.70 Å². The van der Waals surface area contributed by atoms with Crippen molar-refractivity contribution >= 4 is 29.3 Å². The first-order valence-corrected chi connectivity index (χ1v) is 6.63. The van der Waals surface area contributed by atoms with Gasteiger partial charge in [-0.2, -0.15) is 0 Å². The summed E-state index contributed by atoms with van der Waals surface area (Å²) in [5, 5.41) is 12.1. The molecule has 6 heteroatoms. The first-order chi connectivity index (χ1) is 9.54. The SMILES string of the molecule is CCOC1=NC(Cl)c2ccccc2/C(=C(\C)C(=O)O)N1. The van der Waals surface area contributed by atoms with Crippen LogP contribution in [0.15, 0.2) is 34.8 Å². The highest BCUT2D eigenvalue weighted by Crippen LogP contribution is 2.32. The molecule has 1 aliphatic heterocycles. The number of aliphatic carboxylic acids is 1. The van der Waals surface area contributed by atoms with Gasteiger partial charge in [0.25, 0.3) is 6.02 Å². The Bertz CT molecular complexity index is 596. The van der Waals surface area contributed by atoms with Crippen LogP contribution in [-0.4, -0.2) is 23.7 Å². The van der Waals surface area contributed by atoms with Crippen molar-refractivity contribution in [2.24, 2.45) is 4.99 Å². The molecule has 1 aromatic rings. The molecule has 2 rings (SSSR count). The Morgan fingerprint density at radius 1 is 1.50 bits per heavy atom. The molecule has 1 heterocycles. The quantitative estimate of drug-likeness (QED) is 0.500. The van der Waals surface area contributed by atoms with E-state index in [0.717, 1.165) is 5.56 Å². The van der Waals surface area contributed by atoms with Crippen molar-refractivity contribution in [2.75, 3.05) is 6.61 Å². The summed E-state index contributed by atoms with van der Waals surface area (Å²) in [6.07, 6.45) is 0. The Balaban J connectivity index is 2.61. The lowest BCUT2D eigenvalue weighted by atomic mass is 10.0. The Kier molecular flexibility index (Phi) is 4.29. The molecule has 1 aromatic carbocycles. The Morgan fingerprint density at radius 2 is 2.20 bits per heavy atom. The Labute approximate surface area is 121 Å². The molecule has 0 radical (unpaired) electrons.